The molecule has 0 aliphatic rings. The fourth-order valence-corrected chi connectivity index (χ4v) is 3.33. The van der Waals surface area contributed by atoms with Gasteiger partial charge in [0.2, 0.25) is 0 Å². The number of alkyl halides is 6. The predicted molar refractivity (Wildman–Crippen MR) is 116 cm³/mol. The molecule has 0 heterocycles. The van der Waals surface area contributed by atoms with E-state index in [4.69, 9.17) is 14.2 Å². The van der Waals surface area contributed by atoms with E-state index in [0.717, 1.165) is 24.3 Å². The van der Waals surface area contributed by atoms with Crippen LogP contribution in [0.25, 0.3) is 11.6 Å². The fraction of sp³-hybridized carbons (Fsp3) is 0.200. The molecule has 3 aromatic rings. The molecule has 0 N–H and O–H groups in total. The lowest BCUT2D eigenvalue weighted by Gasteiger charge is -2.16. The number of rotatable bonds is 6. The number of ether oxygens (including phenoxy) is 3. The normalized spacial score (nSPS) is 11.7. The van der Waals surface area contributed by atoms with Gasteiger partial charge in [0.15, 0.2) is 0 Å². The van der Waals surface area contributed by atoms with Crippen LogP contribution in [-0.2, 0) is 12.4 Å². The average molecular weight is 482 g/mol. The zero-order valence-electron chi connectivity index (χ0n) is 18.3. The van der Waals surface area contributed by atoms with Crippen LogP contribution in [0.2, 0.25) is 0 Å². The maximum absolute atomic E-state index is 13.0. The van der Waals surface area contributed by atoms with Gasteiger partial charge in [-0.25, -0.2) is 0 Å². The molecule has 0 radical (unpaired) electrons. The van der Waals surface area contributed by atoms with Crippen molar-refractivity contribution in [3.05, 3.63) is 88.5 Å². The predicted octanol–water partition coefficient (Wildman–Crippen LogP) is 7.34. The van der Waals surface area contributed by atoms with Crippen LogP contribution in [0.5, 0.6) is 17.2 Å². The number of benzene rings is 3. The summed E-state index contributed by atoms with van der Waals surface area (Å²) in [5.41, 5.74) is -0.185. The van der Waals surface area contributed by atoms with Crippen molar-refractivity contribution in [1.82, 2.24) is 0 Å². The Morgan fingerprint density at radius 2 is 1.00 bits per heavy atom. The lowest BCUT2D eigenvalue weighted by atomic mass is 9.93. The lowest BCUT2D eigenvalue weighted by Crippen LogP contribution is -2.05. The van der Waals surface area contributed by atoms with Crippen molar-refractivity contribution in [3.8, 4) is 17.2 Å². The minimum absolute atomic E-state index is 0.340. The SMILES string of the molecule is COc1cc(OC)c(C=C(c2ccc(C(F)(F)F)cc2)c2ccc(C(F)(F)F)cc2)c(OC)c1. The Morgan fingerprint density at radius 1 is 0.618 bits per heavy atom. The highest BCUT2D eigenvalue weighted by molar-refractivity contribution is 5.93. The first kappa shape index (κ1) is 25.0. The van der Waals surface area contributed by atoms with Crippen LogP contribution >= 0.6 is 0 Å². The average Bonchev–Trinajstić information content (AvgIpc) is 2.81. The summed E-state index contributed by atoms with van der Waals surface area (Å²) in [6, 6.07) is 11.9. The molecule has 3 nitrogen and oxygen atoms in total. The molecule has 0 saturated carbocycles. The molecule has 0 unspecified atom stereocenters. The molecule has 0 aromatic heterocycles. The molecule has 0 spiro atoms. The van der Waals surface area contributed by atoms with Crippen LogP contribution in [0.15, 0.2) is 60.7 Å². The summed E-state index contributed by atoms with van der Waals surface area (Å²) >= 11 is 0. The van der Waals surface area contributed by atoms with Gasteiger partial charge in [-0.05, 0) is 47.0 Å². The van der Waals surface area contributed by atoms with Crippen LogP contribution in [0.3, 0.4) is 0 Å². The van der Waals surface area contributed by atoms with Gasteiger partial charge in [0.05, 0.1) is 38.0 Å². The largest absolute Gasteiger partial charge is 0.496 e. The first-order valence-corrected chi connectivity index (χ1v) is 9.85. The van der Waals surface area contributed by atoms with Gasteiger partial charge in [-0.15, -0.1) is 0 Å². The van der Waals surface area contributed by atoms with Gasteiger partial charge < -0.3 is 14.2 Å². The molecule has 0 aliphatic carbocycles. The maximum atomic E-state index is 13.0. The molecule has 0 atom stereocenters. The highest BCUT2D eigenvalue weighted by Crippen LogP contribution is 2.39. The minimum Gasteiger partial charge on any atom is -0.496 e. The van der Waals surface area contributed by atoms with E-state index in [9.17, 15) is 26.3 Å². The number of methoxy groups -OCH3 is 3. The first-order chi connectivity index (χ1) is 16.0. The summed E-state index contributed by atoms with van der Waals surface area (Å²) in [5.74, 6) is 1.12. The molecule has 0 amide bonds. The van der Waals surface area contributed by atoms with Gasteiger partial charge in [-0.2, -0.15) is 26.3 Å². The summed E-state index contributed by atoms with van der Waals surface area (Å²) in [5, 5.41) is 0. The number of hydrogen-bond acceptors (Lipinski definition) is 3. The molecule has 0 aliphatic heterocycles. The van der Waals surface area contributed by atoms with Crippen LogP contribution in [0, 0.1) is 0 Å². The van der Waals surface area contributed by atoms with Gasteiger partial charge >= 0.3 is 12.4 Å². The van der Waals surface area contributed by atoms with Crippen molar-refractivity contribution in [2.75, 3.05) is 21.3 Å². The van der Waals surface area contributed by atoms with E-state index in [0.29, 0.717) is 39.5 Å². The zero-order valence-corrected chi connectivity index (χ0v) is 18.3. The van der Waals surface area contributed by atoms with Crippen LogP contribution in [0.1, 0.15) is 27.8 Å². The topological polar surface area (TPSA) is 27.7 Å². The van der Waals surface area contributed by atoms with Crippen molar-refractivity contribution in [2.45, 2.75) is 12.4 Å². The van der Waals surface area contributed by atoms with Gasteiger partial charge in [0.1, 0.15) is 17.2 Å². The second-order valence-electron chi connectivity index (χ2n) is 7.15. The standard InChI is InChI=1S/C25H20F6O3/c1-32-19-12-22(33-2)21(23(13-19)34-3)14-20(15-4-8-17(9-5-15)24(26,27)28)16-6-10-18(11-7-16)25(29,30)31/h4-14H,1-3H3. The Morgan fingerprint density at radius 3 is 1.29 bits per heavy atom. The highest BCUT2D eigenvalue weighted by atomic mass is 19.4. The second-order valence-corrected chi connectivity index (χ2v) is 7.15. The number of halogens is 6. The smallest absolute Gasteiger partial charge is 0.416 e. The molecule has 0 saturated heterocycles. The third-order valence-corrected chi connectivity index (χ3v) is 5.09. The molecular formula is C25H20F6O3. The van der Waals surface area contributed by atoms with E-state index >= 15 is 0 Å². The lowest BCUT2D eigenvalue weighted by molar-refractivity contribution is -0.138. The molecule has 180 valence electrons. The van der Waals surface area contributed by atoms with Crippen molar-refractivity contribution in [3.63, 3.8) is 0 Å². The molecule has 34 heavy (non-hydrogen) atoms. The zero-order chi connectivity index (χ0) is 25.1. The van der Waals surface area contributed by atoms with Crippen molar-refractivity contribution in [1.29, 1.82) is 0 Å². The summed E-state index contributed by atoms with van der Waals surface area (Å²) in [4.78, 5) is 0. The molecular weight excluding hydrogens is 462 g/mol. The van der Waals surface area contributed by atoms with E-state index in [1.807, 2.05) is 0 Å². The van der Waals surface area contributed by atoms with E-state index < -0.39 is 23.5 Å². The van der Waals surface area contributed by atoms with E-state index in [2.05, 4.69) is 0 Å². The van der Waals surface area contributed by atoms with Gasteiger partial charge in [0.25, 0.3) is 0 Å². The van der Waals surface area contributed by atoms with Crippen LogP contribution in [-0.4, -0.2) is 21.3 Å². The van der Waals surface area contributed by atoms with Crippen molar-refractivity contribution in [2.24, 2.45) is 0 Å². The molecule has 3 rings (SSSR count). The maximum Gasteiger partial charge on any atom is 0.416 e. The molecule has 9 heteroatoms. The first-order valence-electron chi connectivity index (χ1n) is 9.85. The van der Waals surface area contributed by atoms with Crippen molar-refractivity contribution < 1.29 is 40.6 Å². The Kier molecular flexibility index (Phi) is 7.14. The van der Waals surface area contributed by atoms with Crippen molar-refractivity contribution >= 4 is 11.6 Å². The summed E-state index contributed by atoms with van der Waals surface area (Å²) < 4.78 is 94.4. The third-order valence-electron chi connectivity index (χ3n) is 5.09. The molecule has 0 bridgehead atoms. The van der Waals surface area contributed by atoms with Crippen LogP contribution in [0.4, 0.5) is 26.3 Å². The Bertz CT molecular complexity index is 1080. The van der Waals surface area contributed by atoms with Gasteiger partial charge in [-0.3, -0.25) is 0 Å². The Labute approximate surface area is 192 Å². The molecule has 3 aromatic carbocycles. The summed E-state index contributed by atoms with van der Waals surface area (Å²) in [6.07, 6.45) is -7.47. The van der Waals surface area contributed by atoms with Crippen LogP contribution < -0.4 is 14.2 Å². The number of hydrogen-bond donors (Lipinski definition) is 0. The fourth-order valence-electron chi connectivity index (χ4n) is 3.33. The monoisotopic (exact) mass is 482 g/mol. The van der Waals surface area contributed by atoms with E-state index in [1.165, 1.54) is 45.6 Å². The summed E-state index contributed by atoms with van der Waals surface area (Å²) in [7, 11) is 4.29. The summed E-state index contributed by atoms with van der Waals surface area (Å²) in [6.45, 7) is 0. The Hall–Kier alpha value is -3.62. The quantitative estimate of drug-likeness (QED) is 0.272. The van der Waals surface area contributed by atoms with E-state index in [1.54, 1.807) is 18.2 Å². The third kappa shape index (κ3) is 5.47. The highest BCUT2D eigenvalue weighted by Gasteiger charge is 2.31. The van der Waals surface area contributed by atoms with E-state index in [-0.39, 0.29) is 0 Å². The van der Waals surface area contributed by atoms with Gasteiger partial charge in [0, 0.05) is 12.1 Å². The molecule has 0 fully saturated rings. The van der Waals surface area contributed by atoms with Gasteiger partial charge in [-0.1, -0.05) is 24.3 Å². The Balaban J connectivity index is 2.23. The second kappa shape index (κ2) is 9.70. The minimum atomic E-state index is -4.53.